The van der Waals surface area contributed by atoms with E-state index in [2.05, 4.69) is 34.6 Å². The molecule has 1 aliphatic rings. The van der Waals surface area contributed by atoms with Crippen molar-refractivity contribution in [3.8, 4) is 0 Å². The van der Waals surface area contributed by atoms with Gasteiger partial charge in [0.2, 0.25) is 5.91 Å². The first kappa shape index (κ1) is 14.5. The number of rotatable bonds is 3. The molecule has 1 amide bonds. The molecule has 3 heteroatoms. The van der Waals surface area contributed by atoms with Crippen LogP contribution in [0.4, 0.5) is 0 Å². The third kappa shape index (κ3) is 3.44. The smallest absolute Gasteiger partial charge is 0.223 e. The Hall–Kier alpha value is -0.570. The van der Waals surface area contributed by atoms with E-state index in [1.807, 2.05) is 4.90 Å². The van der Waals surface area contributed by atoms with Crippen molar-refractivity contribution in [1.29, 1.82) is 0 Å². The summed E-state index contributed by atoms with van der Waals surface area (Å²) in [6, 6.07) is 0.259. The first-order valence-corrected chi connectivity index (χ1v) is 6.77. The zero-order chi connectivity index (χ0) is 13.2. The highest BCUT2D eigenvalue weighted by Crippen LogP contribution is 2.30. The number of amides is 1. The molecule has 0 aliphatic carbocycles. The number of hydrogen-bond acceptors (Lipinski definition) is 2. The van der Waals surface area contributed by atoms with Crippen LogP contribution in [0, 0.1) is 17.3 Å². The molecule has 1 fully saturated rings. The van der Waals surface area contributed by atoms with E-state index in [0.717, 1.165) is 13.0 Å². The highest BCUT2D eigenvalue weighted by Gasteiger charge is 2.34. The minimum Gasteiger partial charge on any atom is -0.338 e. The minimum atomic E-state index is 0.194. The zero-order valence-electron chi connectivity index (χ0n) is 12.0. The molecule has 3 atom stereocenters. The van der Waals surface area contributed by atoms with E-state index in [0.29, 0.717) is 24.8 Å². The molecule has 0 radical (unpaired) electrons. The normalized spacial score (nSPS) is 27.3. The fraction of sp³-hybridized carbons (Fsp3) is 0.929. The third-order valence-corrected chi connectivity index (χ3v) is 4.40. The average molecular weight is 240 g/mol. The summed E-state index contributed by atoms with van der Waals surface area (Å²) in [5.41, 5.74) is 5.97. The summed E-state index contributed by atoms with van der Waals surface area (Å²) in [5.74, 6) is 1.24. The van der Waals surface area contributed by atoms with Crippen molar-refractivity contribution in [2.45, 2.75) is 53.5 Å². The second kappa shape index (κ2) is 5.38. The Bertz CT molecular complexity index is 270. The van der Waals surface area contributed by atoms with E-state index in [9.17, 15) is 4.79 Å². The van der Waals surface area contributed by atoms with Crippen molar-refractivity contribution in [1.82, 2.24) is 4.90 Å². The summed E-state index contributed by atoms with van der Waals surface area (Å²) in [6.07, 6.45) is 1.74. The van der Waals surface area contributed by atoms with Crippen molar-refractivity contribution < 1.29 is 4.79 Å². The van der Waals surface area contributed by atoms with E-state index in [1.165, 1.54) is 0 Å². The van der Waals surface area contributed by atoms with E-state index in [-0.39, 0.29) is 17.4 Å². The van der Waals surface area contributed by atoms with Crippen LogP contribution in [0.25, 0.3) is 0 Å². The summed E-state index contributed by atoms with van der Waals surface area (Å²) in [7, 11) is 0. The lowest BCUT2D eigenvalue weighted by molar-refractivity contribution is -0.133. The molecule has 0 saturated carbocycles. The molecule has 0 aromatic rings. The predicted molar refractivity (Wildman–Crippen MR) is 71.6 cm³/mol. The summed E-state index contributed by atoms with van der Waals surface area (Å²) in [5, 5.41) is 0. The first-order valence-electron chi connectivity index (χ1n) is 6.77. The molecule has 1 heterocycles. The lowest BCUT2D eigenvalue weighted by Crippen LogP contribution is -2.43. The van der Waals surface area contributed by atoms with Crippen LogP contribution in [0.2, 0.25) is 0 Å². The van der Waals surface area contributed by atoms with Crippen LogP contribution in [-0.2, 0) is 4.79 Å². The molecule has 0 spiro atoms. The zero-order valence-corrected chi connectivity index (χ0v) is 12.0. The van der Waals surface area contributed by atoms with Gasteiger partial charge in [0, 0.05) is 25.6 Å². The van der Waals surface area contributed by atoms with Gasteiger partial charge < -0.3 is 10.6 Å². The number of carbonyl (C=O) groups excluding carboxylic acids is 1. The highest BCUT2D eigenvalue weighted by molar-refractivity contribution is 5.77. The molecule has 100 valence electrons. The van der Waals surface area contributed by atoms with Crippen LogP contribution in [0.15, 0.2) is 0 Å². The standard InChI is InChI=1S/C14H28N2O/c1-10-6-7-16(12(10)9-15)13(17)8-11(2)14(3,4)5/h10-12H,6-9,15H2,1-5H3. The van der Waals surface area contributed by atoms with E-state index < -0.39 is 0 Å². The second-order valence-electron chi connectivity index (χ2n) is 6.63. The van der Waals surface area contributed by atoms with Gasteiger partial charge in [-0.2, -0.15) is 0 Å². The number of likely N-dealkylation sites (tertiary alicyclic amines) is 1. The van der Waals surface area contributed by atoms with Gasteiger partial charge in [-0.05, 0) is 23.7 Å². The predicted octanol–water partition coefficient (Wildman–Crippen LogP) is 2.25. The van der Waals surface area contributed by atoms with Crippen LogP contribution in [0.3, 0.4) is 0 Å². The fourth-order valence-electron chi connectivity index (χ4n) is 2.36. The topological polar surface area (TPSA) is 46.3 Å². The largest absolute Gasteiger partial charge is 0.338 e. The lowest BCUT2D eigenvalue weighted by atomic mass is 9.80. The van der Waals surface area contributed by atoms with Crippen molar-refractivity contribution >= 4 is 5.91 Å². The van der Waals surface area contributed by atoms with E-state index in [4.69, 9.17) is 5.73 Å². The molecule has 0 aromatic heterocycles. The summed E-state index contributed by atoms with van der Waals surface area (Å²) in [4.78, 5) is 14.3. The van der Waals surface area contributed by atoms with Crippen LogP contribution >= 0.6 is 0 Å². The number of carbonyl (C=O) groups is 1. The lowest BCUT2D eigenvalue weighted by Gasteiger charge is -2.31. The molecule has 0 aromatic carbocycles. The summed E-state index contributed by atoms with van der Waals surface area (Å²) in [6.45, 7) is 12.4. The van der Waals surface area contributed by atoms with Crippen molar-refractivity contribution in [3.63, 3.8) is 0 Å². The molecule has 2 N–H and O–H groups in total. The molecular weight excluding hydrogens is 212 g/mol. The monoisotopic (exact) mass is 240 g/mol. The molecule has 0 bridgehead atoms. The van der Waals surface area contributed by atoms with Gasteiger partial charge in [0.25, 0.3) is 0 Å². The van der Waals surface area contributed by atoms with Gasteiger partial charge in [-0.25, -0.2) is 0 Å². The van der Waals surface area contributed by atoms with Gasteiger partial charge in [-0.15, -0.1) is 0 Å². The van der Waals surface area contributed by atoms with Gasteiger partial charge in [0.05, 0.1) is 0 Å². The summed E-state index contributed by atoms with van der Waals surface area (Å²) < 4.78 is 0. The van der Waals surface area contributed by atoms with Gasteiger partial charge >= 0.3 is 0 Å². The van der Waals surface area contributed by atoms with Crippen molar-refractivity contribution in [2.24, 2.45) is 23.0 Å². The van der Waals surface area contributed by atoms with Crippen molar-refractivity contribution in [2.75, 3.05) is 13.1 Å². The Balaban J connectivity index is 2.59. The summed E-state index contributed by atoms with van der Waals surface area (Å²) >= 11 is 0. The molecule has 1 aliphatic heterocycles. The Morgan fingerprint density at radius 3 is 2.53 bits per heavy atom. The highest BCUT2D eigenvalue weighted by atomic mass is 16.2. The van der Waals surface area contributed by atoms with Gasteiger partial charge in [0.1, 0.15) is 0 Å². The van der Waals surface area contributed by atoms with Gasteiger partial charge in [0.15, 0.2) is 0 Å². The fourth-order valence-corrected chi connectivity index (χ4v) is 2.36. The van der Waals surface area contributed by atoms with Crippen molar-refractivity contribution in [3.05, 3.63) is 0 Å². The quantitative estimate of drug-likeness (QED) is 0.822. The molecule has 1 rings (SSSR count). The average Bonchev–Trinajstić information content (AvgIpc) is 2.57. The van der Waals surface area contributed by atoms with Crippen LogP contribution in [0.1, 0.15) is 47.5 Å². The van der Waals surface area contributed by atoms with Gasteiger partial charge in [-0.3, -0.25) is 4.79 Å². The van der Waals surface area contributed by atoms with Crippen LogP contribution in [0.5, 0.6) is 0 Å². The van der Waals surface area contributed by atoms with E-state index in [1.54, 1.807) is 0 Å². The van der Waals surface area contributed by atoms with Gasteiger partial charge in [-0.1, -0.05) is 34.6 Å². The molecule has 3 nitrogen and oxygen atoms in total. The molecular formula is C14H28N2O. The Kier molecular flexibility index (Phi) is 4.59. The second-order valence-corrected chi connectivity index (χ2v) is 6.63. The maximum atomic E-state index is 12.3. The SMILES string of the molecule is CC1CCN(C(=O)CC(C)C(C)(C)C)C1CN. The molecule has 3 unspecified atom stereocenters. The Morgan fingerprint density at radius 2 is 2.06 bits per heavy atom. The Morgan fingerprint density at radius 1 is 1.47 bits per heavy atom. The molecule has 17 heavy (non-hydrogen) atoms. The van der Waals surface area contributed by atoms with Crippen LogP contribution in [-0.4, -0.2) is 29.9 Å². The minimum absolute atomic E-state index is 0.194. The number of nitrogens with zero attached hydrogens (tertiary/aromatic N) is 1. The first-order chi connectivity index (χ1) is 7.77. The van der Waals surface area contributed by atoms with E-state index >= 15 is 0 Å². The number of nitrogens with two attached hydrogens (primary N) is 1. The van der Waals surface area contributed by atoms with Crippen LogP contribution < -0.4 is 5.73 Å². The third-order valence-electron chi connectivity index (χ3n) is 4.40. The molecule has 1 saturated heterocycles. The maximum Gasteiger partial charge on any atom is 0.223 e. The number of hydrogen-bond donors (Lipinski definition) is 1. The maximum absolute atomic E-state index is 12.3. The Labute approximate surface area is 106 Å².